The molecule has 9 nitrogen and oxygen atoms in total. The molecule has 3 N–H and O–H groups in total. The van der Waals surface area contributed by atoms with Crippen LogP contribution in [0.25, 0.3) is 0 Å². The van der Waals surface area contributed by atoms with Crippen LogP contribution >= 0.6 is 11.6 Å². The SMILES string of the molecule is O=c1[nH]cc(S(=O)(=O)Nc2nccc(Cl)n2)c(=O)[nH]1. The van der Waals surface area contributed by atoms with E-state index >= 15 is 0 Å². The van der Waals surface area contributed by atoms with Crippen LogP contribution < -0.4 is 16.0 Å². The zero-order valence-corrected chi connectivity index (χ0v) is 10.6. The minimum Gasteiger partial charge on any atom is -0.313 e. The number of aromatic amines is 2. The fourth-order valence-corrected chi connectivity index (χ4v) is 2.25. The van der Waals surface area contributed by atoms with Crippen LogP contribution in [0.3, 0.4) is 0 Å². The van der Waals surface area contributed by atoms with Crippen LogP contribution in [0.4, 0.5) is 5.95 Å². The summed E-state index contributed by atoms with van der Waals surface area (Å²) in [6, 6.07) is 1.35. The average molecular weight is 304 g/mol. The minimum absolute atomic E-state index is 0.0306. The molecule has 0 aliphatic carbocycles. The number of hydrogen-bond donors (Lipinski definition) is 3. The van der Waals surface area contributed by atoms with E-state index in [2.05, 4.69) is 9.97 Å². The van der Waals surface area contributed by atoms with Gasteiger partial charge in [0.05, 0.1) is 0 Å². The Morgan fingerprint density at radius 2 is 2.05 bits per heavy atom. The van der Waals surface area contributed by atoms with Crippen molar-refractivity contribution in [1.29, 1.82) is 0 Å². The van der Waals surface area contributed by atoms with Crippen LogP contribution in [0.1, 0.15) is 0 Å². The molecule has 0 bridgehead atoms. The van der Waals surface area contributed by atoms with Gasteiger partial charge in [-0.25, -0.2) is 27.9 Å². The van der Waals surface area contributed by atoms with Crippen molar-refractivity contribution in [2.45, 2.75) is 4.90 Å². The number of rotatable bonds is 3. The van der Waals surface area contributed by atoms with Crippen molar-refractivity contribution in [1.82, 2.24) is 19.9 Å². The maximum atomic E-state index is 11.9. The number of nitrogens with zero attached hydrogens (tertiary/aromatic N) is 2. The van der Waals surface area contributed by atoms with Gasteiger partial charge in [0.2, 0.25) is 5.95 Å². The van der Waals surface area contributed by atoms with Crippen molar-refractivity contribution in [3.05, 3.63) is 44.5 Å². The van der Waals surface area contributed by atoms with Crippen LogP contribution in [-0.2, 0) is 10.0 Å². The Morgan fingerprint density at radius 1 is 1.32 bits per heavy atom. The maximum absolute atomic E-state index is 11.9. The van der Waals surface area contributed by atoms with E-state index in [9.17, 15) is 18.0 Å². The van der Waals surface area contributed by atoms with Crippen LogP contribution in [0.5, 0.6) is 0 Å². The molecule has 0 radical (unpaired) electrons. The molecule has 0 aliphatic heterocycles. The van der Waals surface area contributed by atoms with Crippen molar-refractivity contribution in [2.24, 2.45) is 0 Å². The summed E-state index contributed by atoms with van der Waals surface area (Å²) in [6.45, 7) is 0. The van der Waals surface area contributed by atoms with Gasteiger partial charge in [0.25, 0.3) is 15.6 Å². The van der Waals surface area contributed by atoms with Crippen LogP contribution in [0, 0.1) is 0 Å². The lowest BCUT2D eigenvalue weighted by atomic mass is 10.7. The topological polar surface area (TPSA) is 138 Å². The predicted octanol–water partition coefficient (Wildman–Crippen LogP) is -0.693. The Balaban J connectivity index is 2.43. The van der Waals surface area contributed by atoms with Crippen molar-refractivity contribution in [3.8, 4) is 0 Å². The van der Waals surface area contributed by atoms with Gasteiger partial charge in [-0.15, -0.1) is 0 Å². The number of nitrogens with one attached hydrogen (secondary N) is 3. The lowest BCUT2D eigenvalue weighted by Crippen LogP contribution is -2.29. The highest BCUT2D eigenvalue weighted by Gasteiger charge is 2.20. The van der Waals surface area contributed by atoms with E-state index in [1.165, 1.54) is 12.3 Å². The number of anilines is 1. The Labute approximate surface area is 110 Å². The molecular formula is C8H6ClN5O4S. The smallest absolute Gasteiger partial charge is 0.313 e. The second-order valence-corrected chi connectivity index (χ2v) is 5.28. The van der Waals surface area contributed by atoms with E-state index < -0.39 is 26.2 Å². The highest BCUT2D eigenvalue weighted by atomic mass is 35.5. The molecule has 2 heterocycles. The van der Waals surface area contributed by atoms with Gasteiger partial charge in [0.1, 0.15) is 5.15 Å². The van der Waals surface area contributed by atoms with Gasteiger partial charge in [0, 0.05) is 12.4 Å². The molecule has 0 fully saturated rings. The summed E-state index contributed by atoms with van der Waals surface area (Å²) in [4.78, 5) is 32.6. The molecule has 11 heteroatoms. The van der Waals surface area contributed by atoms with E-state index in [0.29, 0.717) is 0 Å². The third-order valence-corrected chi connectivity index (χ3v) is 3.47. The van der Waals surface area contributed by atoms with Gasteiger partial charge in [-0.05, 0) is 6.07 Å². The van der Waals surface area contributed by atoms with Crippen molar-refractivity contribution >= 4 is 27.6 Å². The van der Waals surface area contributed by atoms with Crippen LogP contribution in [-0.4, -0.2) is 28.4 Å². The molecule has 0 atom stereocenters. The van der Waals surface area contributed by atoms with E-state index in [-0.39, 0.29) is 11.1 Å². The summed E-state index contributed by atoms with van der Waals surface area (Å²) in [5, 5.41) is 0.0306. The number of sulfonamides is 1. The molecule has 0 aliphatic rings. The highest BCUT2D eigenvalue weighted by Crippen LogP contribution is 2.10. The van der Waals surface area contributed by atoms with Gasteiger partial charge in [-0.1, -0.05) is 11.6 Å². The van der Waals surface area contributed by atoms with Gasteiger partial charge >= 0.3 is 5.69 Å². The molecule has 2 aromatic rings. The molecule has 19 heavy (non-hydrogen) atoms. The summed E-state index contributed by atoms with van der Waals surface area (Å²) in [5.74, 6) is -0.293. The number of hydrogen-bond acceptors (Lipinski definition) is 6. The second-order valence-electron chi connectivity index (χ2n) is 3.24. The monoisotopic (exact) mass is 303 g/mol. The van der Waals surface area contributed by atoms with Crippen LogP contribution in [0.15, 0.2) is 32.9 Å². The molecule has 0 saturated carbocycles. The molecule has 0 spiro atoms. The van der Waals surface area contributed by atoms with E-state index in [1.807, 2.05) is 9.71 Å². The maximum Gasteiger partial charge on any atom is 0.325 e. The normalized spacial score (nSPS) is 11.2. The highest BCUT2D eigenvalue weighted by molar-refractivity contribution is 7.92. The Morgan fingerprint density at radius 3 is 2.68 bits per heavy atom. The molecular weight excluding hydrogens is 298 g/mol. The standard InChI is InChI=1S/C8H6ClN5O4S/c9-5-1-2-10-7(12-5)14-19(17,18)4-3-11-8(16)13-6(4)15/h1-3H,(H,10,12,14)(H2,11,13,15,16). The van der Waals surface area contributed by atoms with E-state index in [0.717, 1.165) is 6.20 Å². The van der Waals surface area contributed by atoms with Crippen molar-refractivity contribution in [2.75, 3.05) is 4.72 Å². The fraction of sp³-hybridized carbons (Fsp3) is 0. The fourth-order valence-electron chi connectivity index (χ4n) is 1.16. The average Bonchev–Trinajstić information content (AvgIpc) is 2.27. The predicted molar refractivity (Wildman–Crippen MR) is 65.5 cm³/mol. The summed E-state index contributed by atoms with van der Waals surface area (Å²) in [6.07, 6.45) is 2.01. The van der Waals surface area contributed by atoms with E-state index in [1.54, 1.807) is 4.98 Å². The Kier molecular flexibility index (Phi) is 3.36. The summed E-state index contributed by atoms with van der Waals surface area (Å²) < 4.78 is 25.7. The van der Waals surface area contributed by atoms with Crippen molar-refractivity contribution in [3.63, 3.8) is 0 Å². The molecule has 0 aromatic carbocycles. The van der Waals surface area contributed by atoms with E-state index in [4.69, 9.17) is 11.6 Å². The first-order valence-electron chi connectivity index (χ1n) is 4.72. The molecule has 2 aromatic heterocycles. The first-order chi connectivity index (χ1) is 8.88. The molecule has 2 rings (SSSR count). The van der Waals surface area contributed by atoms with Gasteiger partial charge in [0.15, 0.2) is 4.90 Å². The zero-order valence-electron chi connectivity index (χ0n) is 9.05. The summed E-state index contributed by atoms with van der Waals surface area (Å²) in [7, 11) is -4.23. The quantitative estimate of drug-likeness (QED) is 0.641. The lowest BCUT2D eigenvalue weighted by molar-refractivity contribution is 0.598. The van der Waals surface area contributed by atoms with Gasteiger partial charge in [-0.2, -0.15) is 0 Å². The lowest BCUT2D eigenvalue weighted by Gasteiger charge is -2.04. The first-order valence-corrected chi connectivity index (χ1v) is 6.58. The molecule has 0 saturated heterocycles. The molecule has 100 valence electrons. The summed E-state index contributed by atoms with van der Waals surface area (Å²) in [5.41, 5.74) is -1.87. The first kappa shape index (κ1) is 13.2. The third-order valence-electron chi connectivity index (χ3n) is 1.92. The van der Waals surface area contributed by atoms with Crippen LogP contribution in [0.2, 0.25) is 5.15 Å². The zero-order chi connectivity index (χ0) is 14.0. The number of halogens is 1. The van der Waals surface area contributed by atoms with Crippen molar-refractivity contribution < 1.29 is 8.42 Å². The third kappa shape index (κ3) is 2.98. The molecule has 0 amide bonds. The Bertz CT molecular complexity index is 827. The molecule has 0 unspecified atom stereocenters. The second kappa shape index (κ2) is 4.82. The van der Waals surface area contributed by atoms with Gasteiger partial charge in [-0.3, -0.25) is 9.78 Å². The Hall–Kier alpha value is -2.20. The number of H-pyrrole nitrogens is 2. The largest absolute Gasteiger partial charge is 0.325 e. The van der Waals surface area contributed by atoms with Gasteiger partial charge < -0.3 is 4.98 Å². The summed E-state index contributed by atoms with van der Waals surface area (Å²) >= 11 is 5.57. The number of aromatic nitrogens is 4. The minimum atomic E-state index is -4.23.